The number of hydrogen-bond donors (Lipinski definition) is 1. The molecule has 4 rings (SSSR count). The summed E-state index contributed by atoms with van der Waals surface area (Å²) in [5.41, 5.74) is 1.47. The summed E-state index contributed by atoms with van der Waals surface area (Å²) in [5.74, 6) is -0.243. The Kier molecular flexibility index (Phi) is 5.61. The molecule has 1 heterocycles. The van der Waals surface area contributed by atoms with Gasteiger partial charge in [0.05, 0.1) is 6.10 Å². The molecule has 1 aliphatic carbocycles. The summed E-state index contributed by atoms with van der Waals surface area (Å²) in [6, 6.07) is 16.6. The highest BCUT2D eigenvalue weighted by atomic mass is 35.5. The highest BCUT2D eigenvalue weighted by molar-refractivity contribution is 6.30. The molecule has 1 atom stereocenters. The van der Waals surface area contributed by atoms with Gasteiger partial charge in [-0.1, -0.05) is 54.1 Å². The van der Waals surface area contributed by atoms with Gasteiger partial charge in [0, 0.05) is 16.9 Å². The molecule has 152 valence electrons. The summed E-state index contributed by atoms with van der Waals surface area (Å²) in [7, 11) is 0. The molecular formula is C23H24ClNO4. The first-order valence-corrected chi connectivity index (χ1v) is 10.3. The number of imide groups is 1. The zero-order chi connectivity index (χ0) is 20.4. The molecule has 6 heteroatoms. The fourth-order valence-electron chi connectivity index (χ4n) is 4.52. The lowest BCUT2D eigenvalue weighted by Gasteiger charge is -2.40. The van der Waals surface area contributed by atoms with Crippen LogP contribution >= 0.6 is 11.6 Å². The lowest BCUT2D eigenvalue weighted by molar-refractivity contribution is -0.131. The third-order valence-electron chi connectivity index (χ3n) is 6.18. The predicted molar refractivity (Wildman–Crippen MR) is 110 cm³/mol. The van der Waals surface area contributed by atoms with Crippen LogP contribution in [-0.4, -0.2) is 34.7 Å². The van der Waals surface area contributed by atoms with Gasteiger partial charge in [-0.3, -0.25) is 4.79 Å². The zero-order valence-electron chi connectivity index (χ0n) is 16.1. The summed E-state index contributed by atoms with van der Waals surface area (Å²) < 4.78 is 5.22. The third kappa shape index (κ3) is 4.02. The van der Waals surface area contributed by atoms with Gasteiger partial charge in [0.1, 0.15) is 12.6 Å². The topological polar surface area (TPSA) is 66.8 Å². The molecule has 1 saturated carbocycles. The first-order chi connectivity index (χ1) is 14.0. The third-order valence-corrected chi connectivity index (χ3v) is 6.44. The van der Waals surface area contributed by atoms with Gasteiger partial charge in [-0.2, -0.15) is 0 Å². The summed E-state index contributed by atoms with van der Waals surface area (Å²) in [6.45, 7) is 0.168. The Balaban J connectivity index is 1.62. The van der Waals surface area contributed by atoms with Crippen molar-refractivity contribution >= 4 is 23.6 Å². The van der Waals surface area contributed by atoms with Crippen molar-refractivity contribution < 1.29 is 19.4 Å². The highest BCUT2D eigenvalue weighted by Gasteiger charge is 2.44. The first-order valence-electron chi connectivity index (χ1n) is 9.96. The second-order valence-corrected chi connectivity index (χ2v) is 8.40. The Morgan fingerprint density at radius 3 is 2.41 bits per heavy atom. The number of halogens is 1. The summed E-state index contributed by atoms with van der Waals surface area (Å²) in [6.07, 6.45) is 1.87. The Hall–Kier alpha value is -2.37. The lowest BCUT2D eigenvalue weighted by Crippen LogP contribution is -2.42. The molecule has 2 fully saturated rings. The van der Waals surface area contributed by atoms with Crippen molar-refractivity contribution in [3.63, 3.8) is 0 Å². The molecule has 29 heavy (non-hydrogen) atoms. The molecule has 0 aromatic heterocycles. The van der Waals surface area contributed by atoms with Gasteiger partial charge in [0.25, 0.3) is 0 Å². The van der Waals surface area contributed by atoms with E-state index in [2.05, 4.69) is 0 Å². The standard InChI is InChI=1S/C23H24ClNO4/c24-18-8-6-17(7-9-18)23(12-10-19(26)11-13-23)14-21(27)25-20(15-29-22(25)28)16-4-2-1-3-5-16/h1-9,19-20,26H,10-15H2/t19-,20-,23+/m1/s1. The number of cyclic esters (lactones) is 1. The van der Waals surface area contributed by atoms with E-state index >= 15 is 0 Å². The SMILES string of the molecule is O=C(C[C@]1(c2ccc(Cl)cc2)CC[C@@H](O)CC1)N1C(=O)OC[C@@H]1c1ccccc1. The van der Waals surface area contributed by atoms with Crippen LogP contribution in [0.2, 0.25) is 5.02 Å². The largest absolute Gasteiger partial charge is 0.446 e. The number of aliphatic hydroxyl groups is 1. The quantitative estimate of drug-likeness (QED) is 0.793. The minimum Gasteiger partial charge on any atom is -0.446 e. The number of ether oxygens (including phenoxy) is 1. The molecule has 2 amide bonds. The molecule has 2 aromatic carbocycles. The molecule has 0 bridgehead atoms. The Labute approximate surface area is 175 Å². The molecular weight excluding hydrogens is 390 g/mol. The Morgan fingerprint density at radius 2 is 1.76 bits per heavy atom. The fraction of sp³-hybridized carbons (Fsp3) is 0.391. The predicted octanol–water partition coefficient (Wildman–Crippen LogP) is 4.62. The van der Waals surface area contributed by atoms with Gasteiger partial charge in [0.15, 0.2) is 0 Å². The van der Waals surface area contributed by atoms with E-state index in [0.29, 0.717) is 30.7 Å². The zero-order valence-corrected chi connectivity index (χ0v) is 16.8. The van der Waals surface area contributed by atoms with Gasteiger partial charge in [-0.05, 0) is 48.9 Å². The summed E-state index contributed by atoms with van der Waals surface area (Å²) in [5, 5.41) is 10.7. The van der Waals surface area contributed by atoms with Crippen molar-refractivity contribution in [1.29, 1.82) is 0 Å². The summed E-state index contributed by atoms with van der Waals surface area (Å²) in [4.78, 5) is 27.0. The molecule has 2 aliphatic rings. The second kappa shape index (κ2) is 8.17. The monoisotopic (exact) mass is 413 g/mol. The van der Waals surface area contributed by atoms with Gasteiger partial charge in [-0.15, -0.1) is 0 Å². The van der Waals surface area contributed by atoms with Crippen molar-refractivity contribution in [2.45, 2.75) is 49.7 Å². The molecule has 0 unspecified atom stereocenters. The smallest absolute Gasteiger partial charge is 0.417 e. The number of amides is 2. The lowest BCUT2D eigenvalue weighted by atomic mass is 9.66. The van der Waals surface area contributed by atoms with E-state index in [9.17, 15) is 14.7 Å². The van der Waals surface area contributed by atoms with Crippen molar-refractivity contribution in [2.75, 3.05) is 6.61 Å². The van der Waals surface area contributed by atoms with Crippen LogP contribution in [0.4, 0.5) is 4.79 Å². The maximum atomic E-state index is 13.4. The number of aliphatic hydroxyl groups excluding tert-OH is 1. The van der Waals surface area contributed by atoms with Crippen LogP contribution in [0.25, 0.3) is 0 Å². The maximum absolute atomic E-state index is 13.4. The number of nitrogens with zero attached hydrogens (tertiary/aromatic N) is 1. The normalized spacial score (nSPS) is 27.0. The molecule has 1 saturated heterocycles. The van der Waals surface area contributed by atoms with E-state index < -0.39 is 17.6 Å². The molecule has 2 aromatic rings. The van der Waals surface area contributed by atoms with E-state index in [0.717, 1.165) is 11.1 Å². The summed E-state index contributed by atoms with van der Waals surface area (Å²) >= 11 is 6.06. The van der Waals surface area contributed by atoms with Crippen LogP contribution < -0.4 is 0 Å². The molecule has 0 radical (unpaired) electrons. The van der Waals surface area contributed by atoms with Crippen LogP contribution in [-0.2, 0) is 14.9 Å². The molecule has 0 spiro atoms. The number of hydrogen-bond acceptors (Lipinski definition) is 4. The molecule has 1 aliphatic heterocycles. The van der Waals surface area contributed by atoms with Gasteiger partial charge < -0.3 is 9.84 Å². The van der Waals surface area contributed by atoms with Crippen molar-refractivity contribution in [2.24, 2.45) is 0 Å². The van der Waals surface area contributed by atoms with Crippen LogP contribution in [0.15, 0.2) is 54.6 Å². The van der Waals surface area contributed by atoms with E-state index in [1.807, 2.05) is 54.6 Å². The van der Waals surface area contributed by atoms with E-state index in [1.165, 1.54) is 4.90 Å². The van der Waals surface area contributed by atoms with E-state index in [4.69, 9.17) is 16.3 Å². The maximum Gasteiger partial charge on any atom is 0.417 e. The minimum atomic E-state index is -0.592. The first kappa shape index (κ1) is 19.9. The molecule has 5 nitrogen and oxygen atoms in total. The van der Waals surface area contributed by atoms with Crippen LogP contribution in [0, 0.1) is 0 Å². The van der Waals surface area contributed by atoms with Crippen molar-refractivity contribution in [3.05, 3.63) is 70.7 Å². The number of carbonyl (C=O) groups is 2. The Bertz CT molecular complexity index is 876. The van der Waals surface area contributed by atoms with Crippen LogP contribution in [0.1, 0.15) is 49.3 Å². The molecule has 1 N–H and O–H groups in total. The van der Waals surface area contributed by atoms with Crippen LogP contribution in [0.3, 0.4) is 0 Å². The van der Waals surface area contributed by atoms with E-state index in [-0.39, 0.29) is 25.0 Å². The van der Waals surface area contributed by atoms with Gasteiger partial charge in [0.2, 0.25) is 5.91 Å². The fourth-order valence-corrected chi connectivity index (χ4v) is 4.64. The number of benzene rings is 2. The van der Waals surface area contributed by atoms with E-state index in [1.54, 1.807) is 0 Å². The highest BCUT2D eigenvalue weighted by Crippen LogP contribution is 2.44. The average Bonchev–Trinajstić information content (AvgIpc) is 3.13. The number of carbonyl (C=O) groups excluding carboxylic acids is 2. The number of rotatable bonds is 4. The average molecular weight is 414 g/mol. The van der Waals surface area contributed by atoms with Crippen molar-refractivity contribution in [3.8, 4) is 0 Å². The Morgan fingerprint density at radius 1 is 1.10 bits per heavy atom. The minimum absolute atomic E-state index is 0.168. The van der Waals surface area contributed by atoms with Crippen molar-refractivity contribution in [1.82, 2.24) is 4.90 Å². The second-order valence-electron chi connectivity index (χ2n) is 7.96. The van der Waals surface area contributed by atoms with Gasteiger partial charge >= 0.3 is 6.09 Å². The van der Waals surface area contributed by atoms with Gasteiger partial charge in [-0.25, -0.2) is 9.69 Å². The van der Waals surface area contributed by atoms with Crippen LogP contribution in [0.5, 0.6) is 0 Å².